The smallest absolute Gasteiger partial charge is 0.191 e. The number of hydrogen-bond donors (Lipinski definition) is 2. The summed E-state index contributed by atoms with van der Waals surface area (Å²) in [5.74, 6) is 2.68. The highest BCUT2D eigenvalue weighted by molar-refractivity contribution is 14.0. The Bertz CT molecular complexity index is 349. The van der Waals surface area contributed by atoms with E-state index < -0.39 is 0 Å². The van der Waals surface area contributed by atoms with Crippen molar-refractivity contribution >= 4 is 29.9 Å². The van der Waals surface area contributed by atoms with Crippen LogP contribution in [-0.4, -0.2) is 52.0 Å². The van der Waals surface area contributed by atoms with Gasteiger partial charge in [-0.2, -0.15) is 0 Å². The van der Waals surface area contributed by atoms with Crippen molar-refractivity contribution in [3.8, 4) is 0 Å². The quantitative estimate of drug-likeness (QED) is 0.257. The van der Waals surface area contributed by atoms with E-state index in [1.807, 2.05) is 7.05 Å². The summed E-state index contributed by atoms with van der Waals surface area (Å²) in [5, 5.41) is 6.74. The van der Waals surface area contributed by atoms with Crippen LogP contribution in [-0.2, 0) is 9.47 Å². The summed E-state index contributed by atoms with van der Waals surface area (Å²) in [6, 6.07) is 0. The molecule has 24 heavy (non-hydrogen) atoms. The molecule has 1 saturated carbocycles. The maximum atomic E-state index is 5.65. The Morgan fingerprint density at radius 2 is 2.00 bits per heavy atom. The van der Waals surface area contributed by atoms with E-state index in [9.17, 15) is 0 Å². The van der Waals surface area contributed by atoms with Crippen LogP contribution >= 0.6 is 24.0 Å². The van der Waals surface area contributed by atoms with Crippen molar-refractivity contribution < 1.29 is 9.47 Å². The average molecular weight is 453 g/mol. The summed E-state index contributed by atoms with van der Waals surface area (Å²) in [6.45, 7) is 6.48. The van der Waals surface area contributed by atoms with E-state index in [1.54, 1.807) is 0 Å². The van der Waals surface area contributed by atoms with Gasteiger partial charge in [0.1, 0.15) is 0 Å². The van der Waals surface area contributed by atoms with Crippen molar-refractivity contribution in [2.75, 3.05) is 40.0 Å². The number of guanidine groups is 1. The average Bonchev–Trinajstić information content (AvgIpc) is 3.06. The lowest BCUT2D eigenvalue weighted by Crippen LogP contribution is -2.40. The first kappa shape index (κ1) is 22.0. The molecule has 0 aromatic rings. The highest BCUT2D eigenvalue weighted by Gasteiger charge is 2.18. The summed E-state index contributed by atoms with van der Waals surface area (Å²) in [7, 11) is 1.82. The summed E-state index contributed by atoms with van der Waals surface area (Å²) in [4.78, 5) is 4.27. The molecule has 1 heterocycles. The summed E-state index contributed by atoms with van der Waals surface area (Å²) in [5.41, 5.74) is 0. The zero-order valence-corrected chi connectivity index (χ0v) is 17.7. The molecule has 5 nitrogen and oxygen atoms in total. The molecule has 2 fully saturated rings. The molecule has 142 valence electrons. The molecule has 1 aliphatic carbocycles. The van der Waals surface area contributed by atoms with Crippen LogP contribution in [0.3, 0.4) is 0 Å². The van der Waals surface area contributed by atoms with E-state index in [2.05, 4.69) is 22.5 Å². The molecule has 2 N–H and O–H groups in total. The van der Waals surface area contributed by atoms with Gasteiger partial charge in [0.2, 0.25) is 0 Å². The van der Waals surface area contributed by atoms with E-state index in [4.69, 9.17) is 9.47 Å². The van der Waals surface area contributed by atoms with Crippen LogP contribution in [0.1, 0.15) is 51.9 Å². The minimum absolute atomic E-state index is 0. The molecule has 0 bridgehead atoms. The van der Waals surface area contributed by atoms with Crippen LogP contribution in [0.2, 0.25) is 0 Å². The normalized spacial score (nSPS) is 27.6. The number of halogens is 1. The number of nitrogens with one attached hydrogen (secondary N) is 2. The molecule has 0 amide bonds. The van der Waals surface area contributed by atoms with Crippen molar-refractivity contribution in [1.82, 2.24) is 10.6 Å². The minimum Gasteiger partial charge on any atom is -0.377 e. The standard InChI is InChI=1S/C18H35N3O2.HI/c1-15-5-3-6-16(13-15)8-9-20-18(19-2)21-10-12-22-14-17-7-4-11-23-17;/h15-17H,3-14H2,1-2H3,(H2,19,20,21);1H. The van der Waals surface area contributed by atoms with Gasteiger partial charge < -0.3 is 20.1 Å². The van der Waals surface area contributed by atoms with Gasteiger partial charge in [-0.25, -0.2) is 0 Å². The van der Waals surface area contributed by atoms with Gasteiger partial charge in [0, 0.05) is 26.7 Å². The van der Waals surface area contributed by atoms with E-state index in [0.717, 1.165) is 43.9 Å². The first-order chi connectivity index (χ1) is 11.3. The van der Waals surface area contributed by atoms with Gasteiger partial charge in [-0.1, -0.05) is 26.2 Å². The summed E-state index contributed by atoms with van der Waals surface area (Å²) >= 11 is 0. The van der Waals surface area contributed by atoms with Crippen molar-refractivity contribution in [3.63, 3.8) is 0 Å². The molecular formula is C18H36IN3O2. The van der Waals surface area contributed by atoms with Crippen molar-refractivity contribution in [2.24, 2.45) is 16.8 Å². The third-order valence-corrected chi connectivity index (χ3v) is 4.98. The lowest BCUT2D eigenvalue weighted by Gasteiger charge is -2.26. The highest BCUT2D eigenvalue weighted by Crippen LogP contribution is 2.30. The van der Waals surface area contributed by atoms with Gasteiger partial charge in [0.15, 0.2) is 5.96 Å². The van der Waals surface area contributed by atoms with E-state index in [0.29, 0.717) is 19.3 Å². The fourth-order valence-electron chi connectivity index (χ4n) is 3.67. The Hall–Kier alpha value is -0.0800. The van der Waals surface area contributed by atoms with Gasteiger partial charge in [-0.05, 0) is 37.5 Å². The first-order valence-electron chi connectivity index (χ1n) is 9.41. The SMILES string of the molecule is CN=C(NCCOCC1CCCO1)NCCC1CCCC(C)C1.I. The molecule has 0 aromatic heterocycles. The van der Waals surface area contributed by atoms with Gasteiger partial charge >= 0.3 is 0 Å². The zero-order chi connectivity index (χ0) is 16.3. The van der Waals surface area contributed by atoms with Crippen LogP contribution in [0.5, 0.6) is 0 Å². The second-order valence-corrected chi connectivity index (χ2v) is 7.06. The second kappa shape index (κ2) is 13.2. The van der Waals surface area contributed by atoms with Crippen molar-refractivity contribution in [3.05, 3.63) is 0 Å². The topological polar surface area (TPSA) is 54.9 Å². The van der Waals surface area contributed by atoms with E-state index in [-0.39, 0.29) is 24.0 Å². The number of ether oxygens (including phenoxy) is 2. The predicted octanol–water partition coefficient (Wildman–Crippen LogP) is 3.18. The van der Waals surface area contributed by atoms with E-state index in [1.165, 1.54) is 38.5 Å². The first-order valence-corrected chi connectivity index (χ1v) is 9.41. The lowest BCUT2D eigenvalue weighted by molar-refractivity contribution is 0.0191. The molecule has 2 rings (SSSR count). The Kier molecular flexibility index (Phi) is 12.0. The Balaban J connectivity index is 0.00000288. The molecule has 0 spiro atoms. The molecule has 1 aliphatic heterocycles. The largest absolute Gasteiger partial charge is 0.377 e. The molecule has 0 aromatic carbocycles. The molecule has 6 heteroatoms. The van der Waals surface area contributed by atoms with Crippen LogP contribution in [0, 0.1) is 11.8 Å². The zero-order valence-electron chi connectivity index (χ0n) is 15.4. The fourth-order valence-corrected chi connectivity index (χ4v) is 3.67. The monoisotopic (exact) mass is 453 g/mol. The van der Waals surface area contributed by atoms with Crippen LogP contribution in [0.25, 0.3) is 0 Å². The number of nitrogens with zero attached hydrogens (tertiary/aromatic N) is 1. The van der Waals surface area contributed by atoms with Crippen molar-refractivity contribution in [2.45, 2.75) is 58.0 Å². The third-order valence-electron chi connectivity index (χ3n) is 4.98. The lowest BCUT2D eigenvalue weighted by atomic mass is 9.81. The minimum atomic E-state index is 0. The molecule has 1 saturated heterocycles. The van der Waals surface area contributed by atoms with Gasteiger partial charge in [-0.15, -0.1) is 24.0 Å². The molecule has 3 unspecified atom stereocenters. The number of hydrogen-bond acceptors (Lipinski definition) is 3. The third kappa shape index (κ3) is 8.85. The predicted molar refractivity (Wildman–Crippen MR) is 110 cm³/mol. The fraction of sp³-hybridized carbons (Fsp3) is 0.944. The number of rotatable bonds is 8. The Morgan fingerprint density at radius 3 is 2.71 bits per heavy atom. The second-order valence-electron chi connectivity index (χ2n) is 7.06. The Labute approximate surface area is 164 Å². The van der Waals surface area contributed by atoms with E-state index >= 15 is 0 Å². The maximum absolute atomic E-state index is 5.65. The van der Waals surface area contributed by atoms with Crippen molar-refractivity contribution in [1.29, 1.82) is 0 Å². The summed E-state index contributed by atoms with van der Waals surface area (Å²) in [6.07, 6.45) is 9.48. The van der Waals surface area contributed by atoms with Crippen LogP contribution < -0.4 is 10.6 Å². The van der Waals surface area contributed by atoms with Gasteiger partial charge in [0.25, 0.3) is 0 Å². The maximum Gasteiger partial charge on any atom is 0.191 e. The Morgan fingerprint density at radius 1 is 1.17 bits per heavy atom. The molecular weight excluding hydrogens is 417 g/mol. The molecule has 2 aliphatic rings. The molecule has 0 radical (unpaired) electrons. The highest BCUT2D eigenvalue weighted by atomic mass is 127. The molecule has 3 atom stereocenters. The number of aliphatic imine (C=N–C) groups is 1. The van der Waals surface area contributed by atoms with Crippen LogP contribution in [0.15, 0.2) is 4.99 Å². The van der Waals surface area contributed by atoms with Crippen LogP contribution in [0.4, 0.5) is 0 Å². The van der Waals surface area contributed by atoms with Gasteiger partial charge in [0.05, 0.1) is 19.3 Å². The summed E-state index contributed by atoms with van der Waals surface area (Å²) < 4.78 is 11.2. The van der Waals surface area contributed by atoms with Gasteiger partial charge in [-0.3, -0.25) is 4.99 Å².